The van der Waals surface area contributed by atoms with Gasteiger partial charge in [0.15, 0.2) is 5.69 Å². The second-order valence-electron chi connectivity index (χ2n) is 4.52. The van der Waals surface area contributed by atoms with Crippen molar-refractivity contribution in [3.8, 4) is 5.75 Å². The molecule has 0 unspecified atom stereocenters. The van der Waals surface area contributed by atoms with Crippen molar-refractivity contribution in [2.24, 2.45) is 0 Å². The van der Waals surface area contributed by atoms with Gasteiger partial charge >= 0.3 is 0 Å². The number of nitrogens with one attached hydrogen (secondary N) is 2. The quantitative estimate of drug-likeness (QED) is 0.893. The predicted molar refractivity (Wildman–Crippen MR) is 72.9 cm³/mol. The molecule has 6 nitrogen and oxygen atoms in total. The number of methoxy groups -OCH3 is 1. The molecule has 1 amide bonds. The van der Waals surface area contributed by atoms with Gasteiger partial charge in [-0.1, -0.05) is 6.07 Å². The second-order valence-corrected chi connectivity index (χ2v) is 4.52. The van der Waals surface area contributed by atoms with E-state index >= 15 is 0 Å². The van der Waals surface area contributed by atoms with Gasteiger partial charge < -0.3 is 14.8 Å². The molecule has 0 atom stereocenters. The zero-order valence-electron chi connectivity index (χ0n) is 11.1. The summed E-state index contributed by atoms with van der Waals surface area (Å²) in [6, 6.07) is 7.20. The van der Waals surface area contributed by atoms with Crippen LogP contribution in [0, 0.1) is 0 Å². The van der Waals surface area contributed by atoms with Gasteiger partial charge in [0.05, 0.1) is 20.3 Å². The van der Waals surface area contributed by atoms with Crippen molar-refractivity contribution in [1.29, 1.82) is 0 Å². The Bertz CT molecular complexity index is 636. The van der Waals surface area contributed by atoms with Gasteiger partial charge in [0.25, 0.3) is 5.91 Å². The molecule has 0 saturated heterocycles. The largest absolute Gasteiger partial charge is 0.497 e. The first-order valence-electron chi connectivity index (χ1n) is 6.37. The van der Waals surface area contributed by atoms with Crippen LogP contribution in [0.4, 0.5) is 5.69 Å². The molecule has 0 spiro atoms. The molecule has 2 heterocycles. The van der Waals surface area contributed by atoms with Crippen molar-refractivity contribution in [2.75, 3.05) is 19.0 Å². The van der Waals surface area contributed by atoms with E-state index < -0.39 is 0 Å². The minimum absolute atomic E-state index is 0.249. The molecular weight excluding hydrogens is 258 g/mol. The molecule has 6 heteroatoms. The fourth-order valence-corrected chi connectivity index (χ4v) is 2.19. The highest BCUT2D eigenvalue weighted by atomic mass is 16.5. The summed E-state index contributed by atoms with van der Waals surface area (Å²) < 4.78 is 10.5. The van der Waals surface area contributed by atoms with Crippen LogP contribution in [0.1, 0.15) is 21.7 Å². The first kappa shape index (κ1) is 12.7. The number of rotatable bonds is 3. The number of fused-ring (bicyclic) bond motifs is 1. The number of hydrogen-bond donors (Lipinski definition) is 2. The highest BCUT2D eigenvalue weighted by molar-refractivity contribution is 6.04. The van der Waals surface area contributed by atoms with Gasteiger partial charge in [-0.05, 0) is 12.1 Å². The van der Waals surface area contributed by atoms with Crippen molar-refractivity contribution in [2.45, 2.75) is 13.0 Å². The summed E-state index contributed by atoms with van der Waals surface area (Å²) in [5.41, 5.74) is 2.88. The van der Waals surface area contributed by atoms with E-state index in [1.54, 1.807) is 19.2 Å². The smallest absolute Gasteiger partial charge is 0.276 e. The molecular formula is C14H15N3O3. The van der Waals surface area contributed by atoms with Gasteiger partial charge in [-0.15, -0.1) is 0 Å². The molecule has 0 radical (unpaired) electrons. The standard InChI is InChI=1S/C14H15N3O3/c1-19-10-4-2-3-9(7-10)15-14(18)13-11-8-20-6-5-12(11)16-17-13/h2-4,7H,5-6,8H2,1H3,(H,15,18)(H,16,17). The first-order valence-corrected chi connectivity index (χ1v) is 6.37. The van der Waals surface area contributed by atoms with Gasteiger partial charge in [-0.2, -0.15) is 5.10 Å². The van der Waals surface area contributed by atoms with Gasteiger partial charge in [0.1, 0.15) is 5.75 Å². The fourth-order valence-electron chi connectivity index (χ4n) is 2.19. The molecule has 1 aliphatic heterocycles. The number of carbonyl (C=O) groups is 1. The summed E-state index contributed by atoms with van der Waals surface area (Å²) in [6.45, 7) is 1.08. The third kappa shape index (κ3) is 2.37. The highest BCUT2D eigenvalue weighted by Gasteiger charge is 2.22. The van der Waals surface area contributed by atoms with Gasteiger partial charge in [-0.3, -0.25) is 9.89 Å². The van der Waals surface area contributed by atoms with Crippen LogP contribution in [-0.4, -0.2) is 29.8 Å². The molecule has 2 aromatic rings. The number of H-pyrrole nitrogens is 1. The SMILES string of the molecule is COc1cccc(NC(=O)c2n[nH]c3c2COCC3)c1. The van der Waals surface area contributed by atoms with Crippen LogP contribution >= 0.6 is 0 Å². The molecule has 0 saturated carbocycles. The Balaban J connectivity index is 1.80. The van der Waals surface area contributed by atoms with Gasteiger partial charge in [0.2, 0.25) is 0 Å². The number of aromatic nitrogens is 2. The van der Waals surface area contributed by atoms with E-state index in [-0.39, 0.29) is 5.91 Å². The zero-order chi connectivity index (χ0) is 13.9. The minimum Gasteiger partial charge on any atom is -0.497 e. The number of anilines is 1. The van der Waals surface area contributed by atoms with E-state index in [2.05, 4.69) is 15.5 Å². The van der Waals surface area contributed by atoms with E-state index in [0.29, 0.717) is 30.3 Å². The maximum absolute atomic E-state index is 12.3. The lowest BCUT2D eigenvalue weighted by Crippen LogP contribution is -2.17. The molecule has 0 fully saturated rings. The summed E-state index contributed by atoms with van der Waals surface area (Å²) in [7, 11) is 1.59. The summed E-state index contributed by atoms with van der Waals surface area (Å²) in [5, 5.41) is 9.80. The normalized spacial score (nSPS) is 13.7. The van der Waals surface area contributed by atoms with Crippen molar-refractivity contribution in [3.05, 3.63) is 41.2 Å². The summed E-state index contributed by atoms with van der Waals surface area (Å²) in [5.74, 6) is 0.441. The van der Waals surface area contributed by atoms with E-state index in [1.165, 1.54) is 0 Å². The molecule has 1 aromatic heterocycles. The maximum Gasteiger partial charge on any atom is 0.276 e. The number of benzene rings is 1. The number of carbonyl (C=O) groups excluding carboxylic acids is 1. The lowest BCUT2D eigenvalue weighted by Gasteiger charge is -2.12. The lowest BCUT2D eigenvalue weighted by molar-refractivity contribution is 0.0985. The van der Waals surface area contributed by atoms with Crippen molar-refractivity contribution in [3.63, 3.8) is 0 Å². The average Bonchev–Trinajstić information content (AvgIpc) is 2.91. The van der Waals surface area contributed by atoms with Gasteiger partial charge in [-0.25, -0.2) is 0 Å². The minimum atomic E-state index is -0.249. The Morgan fingerprint density at radius 1 is 1.50 bits per heavy atom. The Morgan fingerprint density at radius 2 is 2.40 bits per heavy atom. The van der Waals surface area contributed by atoms with Gasteiger partial charge in [0, 0.05) is 29.4 Å². The Kier molecular flexibility index (Phi) is 3.39. The van der Waals surface area contributed by atoms with Crippen LogP contribution in [0.3, 0.4) is 0 Å². The summed E-state index contributed by atoms with van der Waals surface area (Å²) in [6.07, 6.45) is 0.759. The van der Waals surface area contributed by atoms with Crippen molar-refractivity contribution >= 4 is 11.6 Å². The maximum atomic E-state index is 12.3. The molecule has 1 aliphatic rings. The monoisotopic (exact) mass is 273 g/mol. The zero-order valence-corrected chi connectivity index (χ0v) is 11.1. The fraction of sp³-hybridized carbons (Fsp3) is 0.286. The topological polar surface area (TPSA) is 76.2 Å². The van der Waals surface area contributed by atoms with E-state index in [4.69, 9.17) is 9.47 Å². The van der Waals surface area contributed by atoms with Crippen molar-refractivity contribution in [1.82, 2.24) is 10.2 Å². The molecule has 0 aliphatic carbocycles. The molecule has 20 heavy (non-hydrogen) atoms. The van der Waals surface area contributed by atoms with Crippen LogP contribution in [-0.2, 0) is 17.8 Å². The van der Waals surface area contributed by atoms with E-state index in [1.807, 2.05) is 12.1 Å². The number of amides is 1. The number of aromatic amines is 1. The first-order chi connectivity index (χ1) is 9.78. The number of hydrogen-bond acceptors (Lipinski definition) is 4. The molecule has 104 valence electrons. The third-order valence-electron chi connectivity index (χ3n) is 3.24. The number of nitrogens with zero attached hydrogens (tertiary/aromatic N) is 1. The molecule has 3 rings (SSSR count). The molecule has 1 aromatic carbocycles. The molecule has 2 N–H and O–H groups in total. The highest BCUT2D eigenvalue weighted by Crippen LogP contribution is 2.21. The average molecular weight is 273 g/mol. The van der Waals surface area contributed by atoms with E-state index in [0.717, 1.165) is 17.7 Å². The van der Waals surface area contributed by atoms with Crippen molar-refractivity contribution < 1.29 is 14.3 Å². The van der Waals surface area contributed by atoms with E-state index in [9.17, 15) is 4.79 Å². The van der Waals surface area contributed by atoms with Crippen LogP contribution in [0.15, 0.2) is 24.3 Å². The predicted octanol–water partition coefficient (Wildman–Crippen LogP) is 1.74. The summed E-state index contributed by atoms with van der Waals surface area (Å²) in [4.78, 5) is 12.3. The van der Waals surface area contributed by atoms with Crippen LogP contribution in [0.25, 0.3) is 0 Å². The Hall–Kier alpha value is -2.34. The summed E-state index contributed by atoms with van der Waals surface area (Å²) >= 11 is 0. The molecule has 0 bridgehead atoms. The third-order valence-corrected chi connectivity index (χ3v) is 3.24. The second kappa shape index (κ2) is 5.34. The lowest BCUT2D eigenvalue weighted by atomic mass is 10.1. The Morgan fingerprint density at radius 3 is 3.25 bits per heavy atom. The number of ether oxygens (including phenoxy) is 2. The van der Waals surface area contributed by atoms with Crippen LogP contribution < -0.4 is 10.1 Å². The van der Waals surface area contributed by atoms with Crippen LogP contribution in [0.5, 0.6) is 5.75 Å². The Labute approximate surface area is 116 Å². The van der Waals surface area contributed by atoms with Crippen LogP contribution in [0.2, 0.25) is 0 Å².